The number of hydrogen-bond acceptors (Lipinski definition) is 8. The summed E-state index contributed by atoms with van der Waals surface area (Å²) in [4.78, 5) is 25.0. The first-order chi connectivity index (χ1) is 17.9. The molecule has 9 nitrogen and oxygen atoms in total. The molecule has 1 N–H and O–H groups in total. The van der Waals surface area contributed by atoms with E-state index < -0.39 is 5.82 Å². The Balaban J connectivity index is 1.29. The molecule has 0 amide bonds. The second-order valence-corrected chi connectivity index (χ2v) is 10.3. The summed E-state index contributed by atoms with van der Waals surface area (Å²) in [5.74, 6) is 1.12. The molecule has 1 spiro atoms. The Labute approximate surface area is 215 Å². The van der Waals surface area contributed by atoms with Gasteiger partial charge in [0, 0.05) is 36.9 Å². The van der Waals surface area contributed by atoms with Gasteiger partial charge in [-0.1, -0.05) is 0 Å². The Morgan fingerprint density at radius 1 is 1.14 bits per heavy atom. The van der Waals surface area contributed by atoms with Crippen LogP contribution in [0.3, 0.4) is 0 Å². The van der Waals surface area contributed by atoms with Gasteiger partial charge in [-0.15, -0.1) is 0 Å². The molecule has 2 aliphatic rings. The fourth-order valence-corrected chi connectivity index (χ4v) is 5.30. The number of fused-ring (bicyclic) bond motifs is 1. The molecule has 10 heteroatoms. The van der Waals surface area contributed by atoms with Crippen molar-refractivity contribution >= 4 is 16.7 Å². The van der Waals surface area contributed by atoms with Crippen LogP contribution in [-0.4, -0.2) is 61.8 Å². The van der Waals surface area contributed by atoms with Crippen molar-refractivity contribution in [2.75, 3.05) is 31.6 Å². The van der Waals surface area contributed by atoms with E-state index in [1.54, 1.807) is 0 Å². The molecule has 1 aliphatic heterocycles. The van der Waals surface area contributed by atoms with Crippen LogP contribution in [0.4, 0.5) is 10.1 Å². The van der Waals surface area contributed by atoms with Gasteiger partial charge in [0.05, 0.1) is 42.8 Å². The SMILES string of the molecule is COc1nc(-c2nc(Cc3ccc(N4CCNC5(CC5)C4)cn3)ncc2F)cc2c1nc(C)n2C(C)C. The predicted octanol–water partition coefficient (Wildman–Crippen LogP) is 3.85. The van der Waals surface area contributed by atoms with E-state index in [0.29, 0.717) is 34.9 Å². The lowest BCUT2D eigenvalue weighted by molar-refractivity contribution is 0.403. The second kappa shape index (κ2) is 9.02. The van der Waals surface area contributed by atoms with Crippen LogP contribution in [-0.2, 0) is 6.42 Å². The lowest BCUT2D eigenvalue weighted by Crippen LogP contribution is -2.52. The minimum absolute atomic E-state index is 0.131. The normalized spacial score (nSPS) is 16.6. The highest BCUT2D eigenvalue weighted by Gasteiger charge is 2.45. The highest BCUT2D eigenvalue weighted by atomic mass is 19.1. The number of anilines is 1. The standard InChI is InChI=1S/C27H31FN8O/c1-16(2)36-17(3)32-25-22(36)12-21(33-26(25)37-4)24-20(28)14-30-23(34-24)11-18-5-6-19(13-29-18)35-10-9-31-27(15-35)7-8-27/h5-6,12-14,16,31H,7-11,15H2,1-4H3. The van der Waals surface area contributed by atoms with Crippen molar-refractivity contribution in [1.29, 1.82) is 0 Å². The molecule has 2 fully saturated rings. The number of halogens is 1. The number of methoxy groups -OCH3 is 1. The van der Waals surface area contributed by atoms with Gasteiger partial charge < -0.3 is 19.5 Å². The van der Waals surface area contributed by atoms with Crippen molar-refractivity contribution in [1.82, 2.24) is 34.8 Å². The quantitative estimate of drug-likeness (QED) is 0.425. The number of pyridine rings is 2. The molecule has 0 bridgehead atoms. The van der Waals surface area contributed by atoms with Crippen molar-refractivity contribution < 1.29 is 9.13 Å². The zero-order valence-electron chi connectivity index (χ0n) is 21.6. The zero-order valence-corrected chi connectivity index (χ0v) is 21.6. The summed E-state index contributed by atoms with van der Waals surface area (Å²) in [6, 6.07) is 6.09. The van der Waals surface area contributed by atoms with Gasteiger partial charge in [-0.3, -0.25) is 4.98 Å². The minimum atomic E-state index is -0.541. The van der Waals surface area contributed by atoms with E-state index in [-0.39, 0.29) is 11.7 Å². The fourth-order valence-electron chi connectivity index (χ4n) is 5.30. The Bertz CT molecular complexity index is 1460. The molecular formula is C27H31FN8O. The van der Waals surface area contributed by atoms with Gasteiger partial charge in [-0.25, -0.2) is 24.3 Å². The monoisotopic (exact) mass is 502 g/mol. The van der Waals surface area contributed by atoms with Gasteiger partial charge in [0.25, 0.3) is 0 Å². The average molecular weight is 503 g/mol. The third-order valence-corrected chi connectivity index (χ3v) is 7.31. The molecule has 1 aliphatic carbocycles. The van der Waals surface area contributed by atoms with E-state index in [2.05, 4.69) is 59.6 Å². The number of nitrogens with zero attached hydrogens (tertiary/aromatic N) is 7. The van der Waals surface area contributed by atoms with Crippen LogP contribution in [0.2, 0.25) is 0 Å². The maximum atomic E-state index is 15.0. The topological polar surface area (TPSA) is 93.9 Å². The van der Waals surface area contributed by atoms with Gasteiger partial charge in [0.1, 0.15) is 17.3 Å². The molecule has 5 heterocycles. The third kappa shape index (κ3) is 4.39. The molecule has 37 heavy (non-hydrogen) atoms. The zero-order chi connectivity index (χ0) is 25.7. The van der Waals surface area contributed by atoms with E-state index in [9.17, 15) is 4.39 Å². The maximum absolute atomic E-state index is 15.0. The summed E-state index contributed by atoms with van der Waals surface area (Å²) in [7, 11) is 1.54. The van der Waals surface area contributed by atoms with Crippen molar-refractivity contribution in [2.24, 2.45) is 0 Å². The first-order valence-corrected chi connectivity index (χ1v) is 12.8. The van der Waals surface area contributed by atoms with E-state index in [4.69, 9.17) is 4.74 Å². The molecule has 0 unspecified atom stereocenters. The molecule has 1 saturated heterocycles. The van der Waals surface area contributed by atoms with Crippen LogP contribution >= 0.6 is 0 Å². The number of rotatable bonds is 6. The molecule has 4 aromatic rings. The van der Waals surface area contributed by atoms with E-state index in [1.807, 2.05) is 25.3 Å². The summed E-state index contributed by atoms with van der Waals surface area (Å²) >= 11 is 0. The lowest BCUT2D eigenvalue weighted by atomic mass is 10.1. The van der Waals surface area contributed by atoms with Gasteiger partial charge >= 0.3 is 0 Å². The predicted molar refractivity (Wildman–Crippen MR) is 139 cm³/mol. The lowest BCUT2D eigenvalue weighted by Gasteiger charge is -2.35. The summed E-state index contributed by atoms with van der Waals surface area (Å²) < 4.78 is 22.6. The first kappa shape index (κ1) is 23.7. The number of aromatic nitrogens is 6. The van der Waals surface area contributed by atoms with Crippen molar-refractivity contribution in [3.8, 4) is 17.3 Å². The Morgan fingerprint density at radius 2 is 1.97 bits per heavy atom. The van der Waals surface area contributed by atoms with Crippen molar-refractivity contribution in [3.63, 3.8) is 0 Å². The number of imidazole rings is 1. The Morgan fingerprint density at radius 3 is 2.68 bits per heavy atom. The number of nitrogens with one attached hydrogen (secondary N) is 1. The molecular weight excluding hydrogens is 471 g/mol. The smallest absolute Gasteiger partial charge is 0.242 e. The Hall–Kier alpha value is -3.66. The summed E-state index contributed by atoms with van der Waals surface area (Å²) in [5, 5.41) is 3.64. The van der Waals surface area contributed by atoms with Gasteiger partial charge in [0.15, 0.2) is 11.3 Å². The highest BCUT2D eigenvalue weighted by molar-refractivity contribution is 5.84. The van der Waals surface area contributed by atoms with Crippen LogP contribution < -0.4 is 15.0 Å². The van der Waals surface area contributed by atoms with Crippen LogP contribution in [0, 0.1) is 12.7 Å². The second-order valence-electron chi connectivity index (χ2n) is 10.3. The Kier molecular flexibility index (Phi) is 5.78. The van der Waals surface area contributed by atoms with E-state index in [0.717, 1.165) is 42.4 Å². The van der Waals surface area contributed by atoms with Crippen molar-refractivity contribution in [2.45, 2.75) is 51.6 Å². The average Bonchev–Trinajstić information content (AvgIpc) is 3.54. The van der Waals surface area contributed by atoms with Crippen LogP contribution in [0.5, 0.6) is 5.88 Å². The number of piperazine rings is 1. The van der Waals surface area contributed by atoms with Crippen LogP contribution in [0.15, 0.2) is 30.6 Å². The summed E-state index contributed by atoms with van der Waals surface area (Å²) in [6.07, 6.45) is 5.99. The molecule has 192 valence electrons. The van der Waals surface area contributed by atoms with Crippen LogP contribution in [0.1, 0.15) is 50.1 Å². The maximum Gasteiger partial charge on any atom is 0.242 e. The summed E-state index contributed by atoms with van der Waals surface area (Å²) in [6.45, 7) is 9.09. The third-order valence-electron chi connectivity index (χ3n) is 7.31. The van der Waals surface area contributed by atoms with E-state index in [1.165, 1.54) is 26.1 Å². The number of aryl methyl sites for hydroxylation is 1. The highest BCUT2D eigenvalue weighted by Crippen LogP contribution is 2.38. The molecule has 1 saturated carbocycles. The van der Waals surface area contributed by atoms with Gasteiger partial charge in [-0.2, -0.15) is 0 Å². The number of hydrogen-bond donors (Lipinski definition) is 1. The minimum Gasteiger partial charge on any atom is -0.479 e. The van der Waals surface area contributed by atoms with Gasteiger partial charge in [-0.05, 0) is 51.8 Å². The molecule has 0 radical (unpaired) electrons. The van der Waals surface area contributed by atoms with Crippen LogP contribution in [0.25, 0.3) is 22.4 Å². The van der Waals surface area contributed by atoms with E-state index >= 15 is 0 Å². The van der Waals surface area contributed by atoms with Crippen molar-refractivity contribution in [3.05, 3.63) is 53.8 Å². The molecule has 0 atom stereocenters. The largest absolute Gasteiger partial charge is 0.479 e. The molecule has 6 rings (SSSR count). The van der Waals surface area contributed by atoms with Gasteiger partial charge in [0.2, 0.25) is 5.88 Å². The first-order valence-electron chi connectivity index (χ1n) is 12.8. The molecule has 0 aromatic carbocycles. The summed E-state index contributed by atoms with van der Waals surface area (Å²) in [5.41, 5.74) is 4.24. The number of ether oxygens (including phenoxy) is 1. The molecule has 4 aromatic heterocycles. The fraction of sp³-hybridized carbons (Fsp3) is 0.444.